The van der Waals surface area contributed by atoms with E-state index in [0.29, 0.717) is 11.2 Å². The van der Waals surface area contributed by atoms with Gasteiger partial charge in [-0.15, -0.1) is 11.6 Å². The Bertz CT molecular complexity index is 670. The Hall–Kier alpha value is -1.89. The van der Waals surface area contributed by atoms with Gasteiger partial charge >= 0.3 is 0 Å². The maximum absolute atomic E-state index is 13.1. The highest BCUT2D eigenvalue weighted by Gasteiger charge is 2.18. The smallest absolute Gasteiger partial charge is 0.256 e. The van der Waals surface area contributed by atoms with Crippen LogP contribution in [0.15, 0.2) is 18.5 Å². The second-order valence-electron chi connectivity index (χ2n) is 5.27. The van der Waals surface area contributed by atoms with Crippen molar-refractivity contribution in [2.24, 2.45) is 0 Å². The van der Waals surface area contributed by atoms with Crippen molar-refractivity contribution in [1.29, 1.82) is 0 Å². The summed E-state index contributed by atoms with van der Waals surface area (Å²) in [4.78, 5) is 18.9. The molecule has 0 radical (unpaired) electrons. The first kappa shape index (κ1) is 15.0. The van der Waals surface area contributed by atoms with Crippen molar-refractivity contribution in [3.63, 3.8) is 0 Å². The van der Waals surface area contributed by atoms with Crippen molar-refractivity contribution >= 4 is 29.0 Å². The fourth-order valence-corrected chi connectivity index (χ4v) is 2.60. The van der Waals surface area contributed by atoms with Gasteiger partial charge in [0.2, 0.25) is 0 Å². The average Bonchev–Trinajstić information content (AvgIpc) is 3.20. The van der Waals surface area contributed by atoms with E-state index in [2.05, 4.69) is 20.3 Å². The van der Waals surface area contributed by atoms with Crippen LogP contribution in [0.2, 0.25) is 0 Å². The lowest BCUT2D eigenvalue weighted by Crippen LogP contribution is -2.31. The second-order valence-corrected chi connectivity index (χ2v) is 5.58. The molecule has 1 aliphatic heterocycles. The van der Waals surface area contributed by atoms with Crippen molar-refractivity contribution < 1.29 is 9.18 Å². The van der Waals surface area contributed by atoms with Gasteiger partial charge in [0.15, 0.2) is 5.65 Å². The number of hydrogen-bond donors (Lipinski definition) is 1. The fraction of sp³-hybridized carbons (Fsp3) is 0.500. The first-order valence-corrected chi connectivity index (χ1v) is 7.80. The molecular weight excluding hydrogens is 309 g/mol. The van der Waals surface area contributed by atoms with E-state index in [4.69, 9.17) is 11.6 Å². The molecule has 1 aliphatic rings. The van der Waals surface area contributed by atoms with E-state index in [9.17, 15) is 9.18 Å². The zero-order valence-corrected chi connectivity index (χ0v) is 12.8. The van der Waals surface area contributed by atoms with E-state index in [1.807, 2.05) is 6.07 Å². The quantitative estimate of drug-likeness (QED) is 0.849. The summed E-state index contributed by atoms with van der Waals surface area (Å²) < 4.78 is 14.7. The first-order valence-electron chi connectivity index (χ1n) is 7.26. The lowest BCUT2D eigenvalue weighted by Gasteiger charge is -2.16. The summed E-state index contributed by atoms with van der Waals surface area (Å²) in [6.45, 7) is 1.82. The fourth-order valence-electron chi connectivity index (χ4n) is 2.50. The standard InChI is InChI=1S/C14H17ClFN5O/c15-7-10(16)8-17-14(22)11-9-18-21-6-3-12(19-13(11)21)20-4-1-2-5-20/h3,6,9-10H,1-2,4-5,7-8H2,(H,17,22). The SMILES string of the molecule is O=C(NCC(F)CCl)c1cnn2ccc(N3CCCC3)nc12. The minimum absolute atomic E-state index is 0.120. The summed E-state index contributed by atoms with van der Waals surface area (Å²) in [7, 11) is 0. The molecule has 3 heterocycles. The zero-order valence-electron chi connectivity index (χ0n) is 12.0. The Morgan fingerprint density at radius 2 is 2.23 bits per heavy atom. The van der Waals surface area contributed by atoms with Gasteiger partial charge in [0.25, 0.3) is 5.91 Å². The molecule has 22 heavy (non-hydrogen) atoms. The zero-order chi connectivity index (χ0) is 15.5. The molecule has 0 aliphatic carbocycles. The van der Waals surface area contributed by atoms with Crippen LogP contribution in [0.3, 0.4) is 0 Å². The van der Waals surface area contributed by atoms with Crippen LogP contribution in [0.25, 0.3) is 5.65 Å². The topological polar surface area (TPSA) is 62.5 Å². The van der Waals surface area contributed by atoms with Crippen molar-refractivity contribution in [3.8, 4) is 0 Å². The predicted octanol–water partition coefficient (Wildman–Crippen LogP) is 1.64. The number of halogens is 2. The van der Waals surface area contributed by atoms with Gasteiger partial charge < -0.3 is 10.2 Å². The molecule has 1 fully saturated rings. The maximum Gasteiger partial charge on any atom is 0.256 e. The summed E-state index contributed by atoms with van der Waals surface area (Å²) in [6, 6.07) is 1.89. The number of carbonyl (C=O) groups is 1. The van der Waals surface area contributed by atoms with Gasteiger partial charge in [0.1, 0.15) is 17.6 Å². The Morgan fingerprint density at radius 1 is 1.45 bits per heavy atom. The van der Waals surface area contributed by atoms with Crippen LogP contribution in [-0.2, 0) is 0 Å². The normalized spacial score (nSPS) is 16.2. The minimum Gasteiger partial charge on any atom is -0.357 e. The Kier molecular flexibility index (Phi) is 4.42. The van der Waals surface area contributed by atoms with Crippen molar-refractivity contribution in [2.45, 2.75) is 19.0 Å². The number of carbonyl (C=O) groups excluding carboxylic acids is 1. The highest BCUT2D eigenvalue weighted by molar-refractivity contribution is 6.18. The largest absolute Gasteiger partial charge is 0.357 e. The Morgan fingerprint density at radius 3 is 2.95 bits per heavy atom. The van der Waals surface area contributed by atoms with Crippen molar-refractivity contribution in [3.05, 3.63) is 24.0 Å². The third-order valence-electron chi connectivity index (χ3n) is 3.68. The molecular formula is C14H17ClFN5O. The minimum atomic E-state index is -1.26. The number of nitrogens with zero attached hydrogens (tertiary/aromatic N) is 4. The van der Waals surface area contributed by atoms with Gasteiger partial charge in [-0.1, -0.05) is 0 Å². The second kappa shape index (κ2) is 6.48. The van der Waals surface area contributed by atoms with Gasteiger partial charge in [0.05, 0.1) is 18.6 Å². The molecule has 2 aromatic rings. The van der Waals surface area contributed by atoms with Gasteiger partial charge in [-0.3, -0.25) is 4.79 Å². The number of rotatable bonds is 5. The molecule has 3 rings (SSSR count). The summed E-state index contributed by atoms with van der Waals surface area (Å²) in [5.74, 6) is 0.296. The number of nitrogens with one attached hydrogen (secondary N) is 1. The van der Waals surface area contributed by atoms with Gasteiger partial charge in [0, 0.05) is 19.3 Å². The summed E-state index contributed by atoms with van der Waals surface area (Å²) in [5.41, 5.74) is 0.811. The molecule has 118 valence electrons. The predicted molar refractivity (Wildman–Crippen MR) is 82.4 cm³/mol. The van der Waals surface area contributed by atoms with E-state index in [1.165, 1.54) is 6.20 Å². The lowest BCUT2D eigenvalue weighted by atomic mass is 10.3. The number of aromatic nitrogens is 3. The van der Waals surface area contributed by atoms with E-state index in [1.54, 1.807) is 10.7 Å². The molecule has 0 saturated carbocycles. The van der Waals surface area contributed by atoms with E-state index >= 15 is 0 Å². The van der Waals surface area contributed by atoms with Gasteiger partial charge in [-0.05, 0) is 18.9 Å². The van der Waals surface area contributed by atoms with Crippen LogP contribution in [0.5, 0.6) is 0 Å². The Labute approximate surface area is 132 Å². The molecule has 1 atom stereocenters. The van der Waals surface area contributed by atoms with Crippen LogP contribution < -0.4 is 10.2 Å². The summed E-state index contributed by atoms with van der Waals surface area (Å²) in [6.07, 6.45) is 4.26. The average molecular weight is 326 g/mol. The van der Waals surface area contributed by atoms with E-state index < -0.39 is 12.1 Å². The van der Waals surface area contributed by atoms with Crippen LogP contribution in [-0.4, -0.2) is 52.2 Å². The molecule has 2 aromatic heterocycles. The van der Waals surface area contributed by atoms with Crippen LogP contribution in [0.1, 0.15) is 23.2 Å². The van der Waals surface area contributed by atoms with Crippen LogP contribution in [0, 0.1) is 0 Å². The molecule has 1 saturated heterocycles. The lowest BCUT2D eigenvalue weighted by molar-refractivity contribution is 0.0945. The number of hydrogen-bond acceptors (Lipinski definition) is 4. The third-order valence-corrected chi connectivity index (χ3v) is 4.02. The van der Waals surface area contributed by atoms with Crippen LogP contribution >= 0.6 is 11.6 Å². The molecule has 1 N–H and O–H groups in total. The van der Waals surface area contributed by atoms with Crippen LogP contribution in [0.4, 0.5) is 10.2 Å². The highest BCUT2D eigenvalue weighted by atomic mass is 35.5. The maximum atomic E-state index is 13.1. The van der Waals surface area contributed by atoms with Gasteiger partial charge in [-0.2, -0.15) is 5.10 Å². The molecule has 8 heteroatoms. The number of amides is 1. The number of anilines is 1. The third kappa shape index (κ3) is 2.99. The number of alkyl halides is 2. The van der Waals surface area contributed by atoms with Gasteiger partial charge in [-0.25, -0.2) is 13.9 Å². The first-order chi connectivity index (χ1) is 10.7. The molecule has 1 amide bonds. The molecule has 0 bridgehead atoms. The van der Waals surface area contributed by atoms with Crippen molar-refractivity contribution in [2.75, 3.05) is 30.4 Å². The summed E-state index contributed by atoms with van der Waals surface area (Å²) in [5, 5.41) is 6.62. The Balaban J connectivity index is 1.83. The van der Waals surface area contributed by atoms with E-state index in [-0.39, 0.29) is 12.4 Å². The van der Waals surface area contributed by atoms with E-state index in [0.717, 1.165) is 31.7 Å². The molecule has 0 aromatic carbocycles. The summed E-state index contributed by atoms with van der Waals surface area (Å²) >= 11 is 5.39. The molecule has 6 nitrogen and oxygen atoms in total. The number of fused-ring (bicyclic) bond motifs is 1. The van der Waals surface area contributed by atoms with Crippen molar-refractivity contribution in [1.82, 2.24) is 19.9 Å². The monoisotopic (exact) mass is 325 g/mol. The molecule has 1 unspecified atom stereocenters. The highest BCUT2D eigenvalue weighted by Crippen LogP contribution is 2.19. The molecule has 0 spiro atoms.